The molecule has 0 aliphatic carbocycles. The van der Waals surface area contributed by atoms with Gasteiger partial charge in [0.1, 0.15) is 29.0 Å². The van der Waals surface area contributed by atoms with Gasteiger partial charge in [-0.15, -0.1) is 0 Å². The minimum atomic E-state index is -1.95. The maximum Gasteiger partial charge on any atom is 0.138 e. The number of halogens is 1. The van der Waals surface area contributed by atoms with Gasteiger partial charge in [-0.1, -0.05) is 78.9 Å². The zero-order valence-electron chi connectivity index (χ0n) is 19.8. The molecule has 0 bridgehead atoms. The second-order valence-corrected chi connectivity index (χ2v) is 12.3. The fraction of sp³-hybridized carbons (Fsp3) is 0.0312. The summed E-state index contributed by atoms with van der Waals surface area (Å²) in [5.41, 5.74) is 4.51. The largest absolute Gasteiger partial charge is 1.00 e. The van der Waals surface area contributed by atoms with Gasteiger partial charge < -0.3 is 22.0 Å². The van der Waals surface area contributed by atoms with Crippen molar-refractivity contribution in [3.8, 4) is 11.4 Å². The molecule has 6 rings (SSSR count). The summed E-state index contributed by atoms with van der Waals surface area (Å²) in [5.74, 6) is 0.907. The second kappa shape index (κ2) is 10.6. The lowest BCUT2D eigenvalue weighted by Gasteiger charge is -2.28. The van der Waals surface area contributed by atoms with Crippen molar-refractivity contribution in [1.29, 1.82) is 0 Å². The third-order valence-corrected chi connectivity index (χ3v) is 11.0. The first kappa shape index (κ1) is 24.2. The van der Waals surface area contributed by atoms with Crippen molar-refractivity contribution in [3.05, 3.63) is 145 Å². The maximum atomic E-state index is 4.81. The van der Waals surface area contributed by atoms with Crippen molar-refractivity contribution in [2.45, 2.75) is 6.16 Å². The molecule has 0 amide bonds. The van der Waals surface area contributed by atoms with Crippen LogP contribution < -0.4 is 32.9 Å². The fourth-order valence-corrected chi connectivity index (χ4v) is 9.13. The van der Waals surface area contributed by atoms with Gasteiger partial charge in [-0.3, -0.25) is 0 Å². The fourth-order valence-electron chi connectivity index (χ4n) is 4.91. The Morgan fingerprint density at radius 1 is 0.528 bits per heavy atom. The zero-order valence-corrected chi connectivity index (χ0v) is 22.2. The third-order valence-electron chi connectivity index (χ3n) is 6.63. The highest BCUT2D eigenvalue weighted by Crippen LogP contribution is 2.58. The van der Waals surface area contributed by atoms with Gasteiger partial charge in [-0.25, -0.2) is 4.98 Å². The molecular weight excluding hydrogens is 523 g/mol. The molecule has 0 fully saturated rings. The minimum Gasteiger partial charge on any atom is -1.00 e. The van der Waals surface area contributed by atoms with E-state index in [1.165, 1.54) is 21.5 Å². The first-order valence-corrected chi connectivity index (χ1v) is 13.9. The van der Waals surface area contributed by atoms with E-state index in [2.05, 4.69) is 126 Å². The van der Waals surface area contributed by atoms with Gasteiger partial charge in [0, 0.05) is 5.56 Å². The molecule has 0 aliphatic heterocycles. The molecule has 0 saturated heterocycles. The van der Waals surface area contributed by atoms with Crippen LogP contribution in [0, 0.1) is 0 Å². The number of benzene rings is 5. The van der Waals surface area contributed by atoms with Crippen molar-refractivity contribution in [1.82, 2.24) is 9.97 Å². The summed E-state index contributed by atoms with van der Waals surface area (Å²) in [6, 6.07) is 50.2. The molecule has 4 heteroatoms. The molecule has 5 aromatic carbocycles. The van der Waals surface area contributed by atoms with Crippen LogP contribution in [0.5, 0.6) is 0 Å². The molecule has 0 aliphatic rings. The number of imidazole rings is 1. The van der Waals surface area contributed by atoms with Gasteiger partial charge in [0.2, 0.25) is 0 Å². The van der Waals surface area contributed by atoms with Crippen LogP contribution in [-0.2, 0) is 6.16 Å². The molecule has 1 aromatic heterocycles. The van der Waals surface area contributed by atoms with Crippen molar-refractivity contribution < 1.29 is 17.0 Å². The van der Waals surface area contributed by atoms with Gasteiger partial charge in [0.05, 0.1) is 17.2 Å². The lowest BCUT2D eigenvalue weighted by Crippen LogP contribution is -3.00. The van der Waals surface area contributed by atoms with Crippen LogP contribution in [0.2, 0.25) is 0 Å². The predicted octanol–water partition coefficient (Wildman–Crippen LogP) is 3.73. The molecule has 0 unspecified atom stereocenters. The summed E-state index contributed by atoms with van der Waals surface area (Å²) in [7, 11) is -1.95. The number of nitrogens with zero attached hydrogens (tertiary/aromatic N) is 1. The smallest absolute Gasteiger partial charge is 0.138 e. The Hall–Kier alpha value is -3.52. The maximum absolute atomic E-state index is 4.81. The van der Waals surface area contributed by atoms with Crippen molar-refractivity contribution in [2.75, 3.05) is 0 Å². The Morgan fingerprint density at radius 2 is 1.03 bits per heavy atom. The molecule has 176 valence electrons. The number of aromatic nitrogens is 2. The lowest BCUT2D eigenvalue weighted by molar-refractivity contribution is -0.00000686. The highest BCUT2D eigenvalue weighted by Gasteiger charge is 2.45. The molecular formula is C32H26BrN2P. The minimum absolute atomic E-state index is 0. The SMILES string of the molecule is [Br-].c1ccc(C[P+](c2ccccc2)(c2ccccc2)c2ccc(-c3nc4ccccc4[nH]3)cc2)cc1. The number of nitrogens with one attached hydrogen (secondary N) is 1. The third kappa shape index (κ3) is 4.53. The molecule has 6 aromatic rings. The zero-order chi connectivity index (χ0) is 23.5. The number of fused-ring (bicyclic) bond motifs is 1. The summed E-state index contributed by atoms with van der Waals surface area (Å²) in [6.07, 6.45) is 0.978. The van der Waals surface area contributed by atoms with Gasteiger partial charge in [0.15, 0.2) is 0 Å². The molecule has 1 heterocycles. The van der Waals surface area contributed by atoms with E-state index in [-0.39, 0.29) is 17.0 Å². The standard InChI is InChI=1S/C32H26N2P.BrH/c1-4-12-25(13-5-1)24-35(27-14-6-2-7-15-27,28-16-8-3-9-17-28)29-22-20-26(21-23-29)32-33-30-18-10-11-19-31(30)34-32;/h1-23H,24H2,(H,33,34);1H/q+1;/p-1. The second-order valence-electron chi connectivity index (χ2n) is 8.77. The monoisotopic (exact) mass is 548 g/mol. The van der Waals surface area contributed by atoms with Crippen LogP contribution >= 0.6 is 7.26 Å². The first-order valence-electron chi connectivity index (χ1n) is 11.9. The van der Waals surface area contributed by atoms with Crippen LogP contribution in [0.15, 0.2) is 140 Å². The first-order chi connectivity index (χ1) is 17.3. The molecule has 0 saturated carbocycles. The van der Waals surface area contributed by atoms with E-state index in [4.69, 9.17) is 4.98 Å². The Morgan fingerprint density at radius 3 is 1.61 bits per heavy atom. The summed E-state index contributed by atoms with van der Waals surface area (Å²) in [5, 5.41) is 4.16. The Balaban J connectivity index is 0.00000267. The molecule has 0 radical (unpaired) electrons. The summed E-state index contributed by atoms with van der Waals surface area (Å²) >= 11 is 0. The number of H-pyrrole nitrogens is 1. The summed E-state index contributed by atoms with van der Waals surface area (Å²) in [4.78, 5) is 8.28. The highest BCUT2D eigenvalue weighted by atomic mass is 79.9. The van der Waals surface area contributed by atoms with Crippen LogP contribution in [0.4, 0.5) is 0 Å². The van der Waals surface area contributed by atoms with Gasteiger partial charge in [-0.2, -0.15) is 0 Å². The van der Waals surface area contributed by atoms with Crippen molar-refractivity contribution in [3.63, 3.8) is 0 Å². The summed E-state index contributed by atoms with van der Waals surface area (Å²) < 4.78 is 0. The predicted molar refractivity (Wildman–Crippen MR) is 150 cm³/mol. The van der Waals surface area contributed by atoms with E-state index < -0.39 is 7.26 Å². The van der Waals surface area contributed by atoms with E-state index >= 15 is 0 Å². The van der Waals surface area contributed by atoms with E-state index in [0.717, 1.165) is 28.6 Å². The molecule has 0 atom stereocenters. The molecule has 1 N–H and O–H groups in total. The lowest BCUT2D eigenvalue weighted by atomic mass is 10.2. The Kier molecular flexibility index (Phi) is 7.13. The van der Waals surface area contributed by atoms with Crippen LogP contribution in [0.1, 0.15) is 5.56 Å². The molecule has 2 nitrogen and oxygen atoms in total. The Bertz CT molecular complexity index is 1470. The van der Waals surface area contributed by atoms with E-state index in [1.807, 2.05) is 18.2 Å². The average molecular weight is 549 g/mol. The average Bonchev–Trinajstić information content (AvgIpc) is 3.38. The van der Waals surface area contributed by atoms with Gasteiger partial charge in [-0.05, 0) is 66.2 Å². The van der Waals surface area contributed by atoms with Crippen molar-refractivity contribution in [2.24, 2.45) is 0 Å². The normalized spacial score (nSPS) is 11.2. The van der Waals surface area contributed by atoms with Crippen LogP contribution in [-0.4, -0.2) is 9.97 Å². The van der Waals surface area contributed by atoms with E-state index in [1.54, 1.807) is 0 Å². The van der Waals surface area contributed by atoms with E-state index in [9.17, 15) is 0 Å². The molecule has 36 heavy (non-hydrogen) atoms. The topological polar surface area (TPSA) is 28.7 Å². The van der Waals surface area contributed by atoms with Crippen molar-refractivity contribution >= 4 is 34.2 Å². The summed E-state index contributed by atoms with van der Waals surface area (Å²) in [6.45, 7) is 0. The number of aromatic amines is 1. The molecule has 0 spiro atoms. The number of hydrogen-bond donors (Lipinski definition) is 1. The van der Waals surface area contributed by atoms with E-state index in [0.29, 0.717) is 0 Å². The number of para-hydroxylation sites is 2. The van der Waals surface area contributed by atoms with Gasteiger partial charge >= 0.3 is 0 Å². The Labute approximate surface area is 223 Å². The number of rotatable bonds is 6. The number of hydrogen-bond acceptors (Lipinski definition) is 1. The van der Waals surface area contributed by atoms with Gasteiger partial charge in [0.25, 0.3) is 0 Å². The van der Waals surface area contributed by atoms with Crippen LogP contribution in [0.3, 0.4) is 0 Å². The highest BCUT2D eigenvalue weighted by molar-refractivity contribution is 7.95. The quantitative estimate of drug-likeness (QED) is 0.316. The van der Waals surface area contributed by atoms with Crippen LogP contribution in [0.25, 0.3) is 22.4 Å².